The van der Waals surface area contributed by atoms with Crippen LogP contribution in [0.1, 0.15) is 76.7 Å². The van der Waals surface area contributed by atoms with Crippen molar-refractivity contribution in [2.24, 2.45) is 0 Å². The van der Waals surface area contributed by atoms with Crippen LogP contribution in [0.2, 0.25) is 0 Å². The van der Waals surface area contributed by atoms with Crippen molar-refractivity contribution in [1.29, 1.82) is 0 Å². The fourth-order valence-corrected chi connectivity index (χ4v) is 2.75. The first kappa shape index (κ1) is 21.2. The molecule has 0 atom stereocenters. The van der Waals surface area contributed by atoms with Crippen molar-refractivity contribution in [3.05, 3.63) is 35.9 Å². The molecule has 4 heteroatoms. The summed E-state index contributed by atoms with van der Waals surface area (Å²) < 4.78 is 0. The molecule has 1 rings (SSSR count). The molecule has 140 valence electrons. The van der Waals surface area contributed by atoms with Crippen molar-refractivity contribution in [2.75, 3.05) is 6.54 Å². The molecule has 2 amide bonds. The summed E-state index contributed by atoms with van der Waals surface area (Å²) in [6, 6.07) is 9.58. The molecule has 0 aliphatic heterocycles. The third-order valence-electron chi connectivity index (χ3n) is 4.32. The number of carbonyl (C=O) groups excluding carboxylic acids is 2. The normalized spacial score (nSPS) is 10.4. The molecule has 0 aliphatic carbocycles. The molecule has 0 fully saturated rings. The van der Waals surface area contributed by atoms with Crippen LogP contribution < -0.4 is 10.6 Å². The van der Waals surface area contributed by atoms with E-state index >= 15 is 0 Å². The van der Waals surface area contributed by atoms with E-state index in [0.29, 0.717) is 13.1 Å². The van der Waals surface area contributed by atoms with Gasteiger partial charge in [-0.3, -0.25) is 9.59 Å². The van der Waals surface area contributed by atoms with E-state index in [1.165, 1.54) is 51.4 Å². The van der Waals surface area contributed by atoms with Crippen molar-refractivity contribution in [2.45, 2.75) is 77.7 Å². The zero-order chi connectivity index (χ0) is 18.2. The van der Waals surface area contributed by atoms with Gasteiger partial charge in [-0.05, 0) is 12.0 Å². The Labute approximate surface area is 152 Å². The van der Waals surface area contributed by atoms with E-state index in [9.17, 15) is 9.59 Å². The van der Waals surface area contributed by atoms with Gasteiger partial charge in [0.25, 0.3) is 0 Å². The number of nitrogens with one attached hydrogen (secondary N) is 2. The monoisotopic (exact) mass is 346 g/mol. The van der Waals surface area contributed by atoms with Gasteiger partial charge in [0.15, 0.2) is 0 Å². The lowest BCUT2D eigenvalue weighted by atomic mass is 10.1. The first-order valence-electron chi connectivity index (χ1n) is 9.84. The maximum Gasteiger partial charge on any atom is 0.309 e. The molecule has 4 nitrogen and oxygen atoms in total. The Morgan fingerprint density at radius 2 is 1.24 bits per heavy atom. The summed E-state index contributed by atoms with van der Waals surface area (Å²) in [4.78, 5) is 23.4. The van der Waals surface area contributed by atoms with Crippen LogP contribution in [0.5, 0.6) is 0 Å². The van der Waals surface area contributed by atoms with Crippen molar-refractivity contribution in [1.82, 2.24) is 10.6 Å². The second-order valence-electron chi connectivity index (χ2n) is 6.61. The molecule has 0 saturated heterocycles. The van der Waals surface area contributed by atoms with E-state index in [1.54, 1.807) is 0 Å². The number of hydrogen-bond acceptors (Lipinski definition) is 2. The van der Waals surface area contributed by atoms with Gasteiger partial charge in [-0.2, -0.15) is 0 Å². The SMILES string of the molecule is CCCCCCCCCCCCNC(=O)C(=O)NCc1ccccc1. The number of unbranched alkanes of at least 4 members (excludes halogenated alkanes) is 9. The van der Waals surface area contributed by atoms with E-state index in [2.05, 4.69) is 17.6 Å². The molecule has 0 unspecified atom stereocenters. The van der Waals surface area contributed by atoms with Crippen LogP contribution in [-0.2, 0) is 16.1 Å². The first-order valence-corrected chi connectivity index (χ1v) is 9.84. The van der Waals surface area contributed by atoms with Crippen LogP contribution in [0.3, 0.4) is 0 Å². The van der Waals surface area contributed by atoms with E-state index in [-0.39, 0.29) is 0 Å². The summed E-state index contributed by atoms with van der Waals surface area (Å²) in [5, 5.41) is 5.33. The van der Waals surface area contributed by atoms with E-state index < -0.39 is 11.8 Å². The standard InChI is InChI=1S/C21H34N2O2/c1-2-3-4-5-6-7-8-9-10-14-17-22-20(24)21(25)23-18-19-15-12-11-13-16-19/h11-13,15-16H,2-10,14,17-18H2,1H3,(H,22,24)(H,23,25). The molecule has 0 aliphatic rings. The maximum atomic E-state index is 11.7. The van der Waals surface area contributed by atoms with Gasteiger partial charge in [0, 0.05) is 13.1 Å². The van der Waals surface area contributed by atoms with E-state index in [0.717, 1.165) is 18.4 Å². The van der Waals surface area contributed by atoms with E-state index in [4.69, 9.17) is 0 Å². The minimum Gasteiger partial charge on any atom is -0.348 e. The highest BCUT2D eigenvalue weighted by Gasteiger charge is 2.11. The Balaban J connectivity index is 1.93. The van der Waals surface area contributed by atoms with Crippen LogP contribution in [0, 0.1) is 0 Å². The lowest BCUT2D eigenvalue weighted by molar-refractivity contribution is -0.139. The molecule has 1 aromatic carbocycles. The lowest BCUT2D eigenvalue weighted by Crippen LogP contribution is -2.39. The topological polar surface area (TPSA) is 58.2 Å². The quantitative estimate of drug-likeness (QED) is 0.412. The van der Waals surface area contributed by atoms with Gasteiger partial charge in [-0.15, -0.1) is 0 Å². The molecule has 0 aromatic heterocycles. The van der Waals surface area contributed by atoms with Gasteiger partial charge in [0.1, 0.15) is 0 Å². The average molecular weight is 347 g/mol. The molecular formula is C21H34N2O2. The molecule has 2 N–H and O–H groups in total. The predicted octanol–water partition coefficient (Wildman–Crippen LogP) is 4.34. The van der Waals surface area contributed by atoms with E-state index in [1.807, 2.05) is 30.3 Å². The number of rotatable bonds is 13. The summed E-state index contributed by atoms with van der Waals surface area (Å²) in [5.41, 5.74) is 0.985. The van der Waals surface area contributed by atoms with Gasteiger partial charge in [-0.1, -0.05) is 95.0 Å². The van der Waals surface area contributed by atoms with Crippen LogP contribution in [-0.4, -0.2) is 18.4 Å². The maximum absolute atomic E-state index is 11.7. The summed E-state index contributed by atoms with van der Waals surface area (Å²) in [5.74, 6) is -1.09. The van der Waals surface area contributed by atoms with Gasteiger partial charge in [-0.25, -0.2) is 0 Å². The number of carbonyl (C=O) groups is 2. The van der Waals surface area contributed by atoms with Crippen LogP contribution in [0.25, 0.3) is 0 Å². The van der Waals surface area contributed by atoms with Crippen molar-refractivity contribution in [3.63, 3.8) is 0 Å². The largest absolute Gasteiger partial charge is 0.348 e. The minimum atomic E-state index is -0.559. The second-order valence-corrected chi connectivity index (χ2v) is 6.61. The number of benzene rings is 1. The Kier molecular flexibility index (Phi) is 12.3. The summed E-state index contributed by atoms with van der Waals surface area (Å²) in [6.07, 6.45) is 12.6. The molecule has 0 heterocycles. The van der Waals surface area contributed by atoms with Crippen LogP contribution in [0.15, 0.2) is 30.3 Å². The van der Waals surface area contributed by atoms with Crippen molar-refractivity contribution in [3.8, 4) is 0 Å². The molecule has 0 spiro atoms. The second kappa shape index (κ2) is 14.5. The van der Waals surface area contributed by atoms with Crippen LogP contribution >= 0.6 is 0 Å². The molecule has 25 heavy (non-hydrogen) atoms. The molecule has 0 saturated carbocycles. The predicted molar refractivity (Wildman–Crippen MR) is 103 cm³/mol. The molecular weight excluding hydrogens is 312 g/mol. The van der Waals surface area contributed by atoms with Crippen molar-refractivity contribution < 1.29 is 9.59 Å². The van der Waals surface area contributed by atoms with Gasteiger partial charge < -0.3 is 10.6 Å². The van der Waals surface area contributed by atoms with Crippen molar-refractivity contribution >= 4 is 11.8 Å². The third-order valence-corrected chi connectivity index (χ3v) is 4.32. The average Bonchev–Trinajstić information content (AvgIpc) is 2.64. The highest BCUT2D eigenvalue weighted by molar-refractivity contribution is 6.35. The van der Waals surface area contributed by atoms with Gasteiger partial charge >= 0.3 is 11.8 Å². The summed E-state index contributed by atoms with van der Waals surface area (Å²) in [6.45, 7) is 3.20. The fraction of sp³-hybridized carbons (Fsp3) is 0.619. The first-order chi connectivity index (χ1) is 12.2. The molecule has 0 radical (unpaired) electrons. The zero-order valence-corrected chi connectivity index (χ0v) is 15.7. The van der Waals surface area contributed by atoms with Crippen LogP contribution in [0.4, 0.5) is 0 Å². The Morgan fingerprint density at radius 1 is 0.720 bits per heavy atom. The molecule has 0 bridgehead atoms. The zero-order valence-electron chi connectivity index (χ0n) is 15.7. The molecule has 1 aromatic rings. The third kappa shape index (κ3) is 11.4. The Bertz CT molecular complexity index is 474. The Morgan fingerprint density at radius 3 is 1.84 bits per heavy atom. The smallest absolute Gasteiger partial charge is 0.309 e. The summed E-state index contributed by atoms with van der Waals surface area (Å²) in [7, 11) is 0. The summed E-state index contributed by atoms with van der Waals surface area (Å²) >= 11 is 0. The minimum absolute atomic E-state index is 0.380. The van der Waals surface area contributed by atoms with Gasteiger partial charge in [0.2, 0.25) is 0 Å². The fourth-order valence-electron chi connectivity index (χ4n) is 2.75. The van der Waals surface area contributed by atoms with Gasteiger partial charge in [0.05, 0.1) is 0 Å². The Hall–Kier alpha value is -1.84. The number of hydrogen-bond donors (Lipinski definition) is 2. The number of amides is 2. The highest BCUT2D eigenvalue weighted by atomic mass is 16.2. The highest BCUT2D eigenvalue weighted by Crippen LogP contribution is 2.10. The lowest BCUT2D eigenvalue weighted by Gasteiger charge is -2.07.